The van der Waals surface area contributed by atoms with Crippen LogP contribution in [0.4, 0.5) is 0 Å². The molecule has 0 atom stereocenters. The van der Waals surface area contributed by atoms with Gasteiger partial charge in [0.1, 0.15) is 12.5 Å². The molecule has 0 aliphatic heterocycles. The number of likely N-dealkylation sites (N-methyl/N-ethyl adjacent to an activating group) is 1. The molecule has 0 saturated heterocycles. The highest BCUT2D eigenvalue weighted by molar-refractivity contribution is 6.76. The molecular weight excluding hydrogens is 330 g/mol. The van der Waals surface area contributed by atoms with E-state index in [0.29, 0.717) is 6.73 Å². The molecule has 25 heavy (non-hydrogen) atoms. The fraction of sp³-hybridized carbons (Fsp3) is 0.632. The number of aromatic nitrogens is 2. The second-order valence-electron chi connectivity index (χ2n) is 7.82. The quantitative estimate of drug-likeness (QED) is 0.475. The molecule has 6 heteroatoms. The molecule has 140 valence electrons. The molecule has 1 heterocycles. The molecule has 0 unspecified atom stereocenters. The van der Waals surface area contributed by atoms with Crippen LogP contribution in [-0.4, -0.2) is 56.6 Å². The molecule has 0 fully saturated rings. The monoisotopic (exact) mass is 363 g/mol. The molecule has 0 radical (unpaired) electrons. The zero-order valence-corrected chi connectivity index (χ0v) is 17.6. The van der Waals surface area contributed by atoms with E-state index in [0.717, 1.165) is 48.5 Å². The molecule has 0 aliphatic carbocycles. The lowest BCUT2D eigenvalue weighted by molar-refractivity contribution is 0.0813. The standard InChI is InChI=1S/C19H33N3O2Si/c1-7-21(2)11-10-18-17-14-16(23-3)8-9-19(17)22(20-18)15-24-12-13-25(4,5)6/h8-9,14H,7,10-13,15H2,1-6H3. The Bertz CT molecular complexity index is 679. The lowest BCUT2D eigenvalue weighted by atomic mass is 10.1. The van der Waals surface area contributed by atoms with E-state index in [2.05, 4.69) is 50.6 Å². The third-order valence-electron chi connectivity index (χ3n) is 4.51. The number of methoxy groups -OCH3 is 1. The van der Waals surface area contributed by atoms with E-state index in [1.54, 1.807) is 7.11 Å². The molecule has 1 aromatic heterocycles. The molecule has 0 bridgehead atoms. The Morgan fingerprint density at radius 1 is 1.24 bits per heavy atom. The van der Waals surface area contributed by atoms with Crippen molar-refractivity contribution in [3.05, 3.63) is 23.9 Å². The van der Waals surface area contributed by atoms with Gasteiger partial charge in [-0.1, -0.05) is 26.6 Å². The van der Waals surface area contributed by atoms with E-state index in [9.17, 15) is 0 Å². The zero-order valence-electron chi connectivity index (χ0n) is 16.6. The summed E-state index contributed by atoms with van der Waals surface area (Å²) in [6, 6.07) is 7.33. The minimum atomic E-state index is -1.06. The van der Waals surface area contributed by atoms with E-state index >= 15 is 0 Å². The molecule has 0 aliphatic rings. The molecule has 2 rings (SSSR count). The third-order valence-corrected chi connectivity index (χ3v) is 6.22. The highest BCUT2D eigenvalue weighted by Crippen LogP contribution is 2.24. The Morgan fingerprint density at radius 3 is 2.64 bits per heavy atom. The topological polar surface area (TPSA) is 39.5 Å². The van der Waals surface area contributed by atoms with Crippen molar-refractivity contribution in [2.45, 2.75) is 45.8 Å². The van der Waals surface area contributed by atoms with Crippen LogP contribution in [0.15, 0.2) is 18.2 Å². The Kier molecular flexibility index (Phi) is 7.04. The van der Waals surface area contributed by atoms with Crippen molar-refractivity contribution in [2.24, 2.45) is 0 Å². The van der Waals surface area contributed by atoms with Crippen molar-refractivity contribution in [3.8, 4) is 5.75 Å². The number of fused-ring (bicyclic) bond motifs is 1. The van der Waals surface area contributed by atoms with Crippen LogP contribution < -0.4 is 4.74 Å². The van der Waals surface area contributed by atoms with Gasteiger partial charge in [0.05, 0.1) is 18.3 Å². The van der Waals surface area contributed by atoms with Gasteiger partial charge in [-0.15, -0.1) is 0 Å². The predicted molar refractivity (Wildman–Crippen MR) is 107 cm³/mol. The highest BCUT2D eigenvalue weighted by atomic mass is 28.3. The molecule has 0 N–H and O–H groups in total. The lowest BCUT2D eigenvalue weighted by Crippen LogP contribution is -2.22. The summed E-state index contributed by atoms with van der Waals surface area (Å²) >= 11 is 0. The van der Waals surface area contributed by atoms with Crippen LogP contribution in [0.2, 0.25) is 25.7 Å². The number of hydrogen-bond acceptors (Lipinski definition) is 4. The van der Waals surface area contributed by atoms with Crippen molar-refractivity contribution in [2.75, 3.05) is 33.9 Å². The average Bonchev–Trinajstić information content (AvgIpc) is 2.92. The summed E-state index contributed by atoms with van der Waals surface area (Å²) in [5, 5.41) is 5.99. The van der Waals surface area contributed by atoms with Crippen molar-refractivity contribution < 1.29 is 9.47 Å². The van der Waals surface area contributed by atoms with Crippen LogP contribution in [0, 0.1) is 0 Å². The fourth-order valence-electron chi connectivity index (χ4n) is 2.62. The normalized spacial score (nSPS) is 12.3. The maximum atomic E-state index is 5.91. The van der Waals surface area contributed by atoms with Crippen molar-refractivity contribution in [1.82, 2.24) is 14.7 Å². The van der Waals surface area contributed by atoms with Gasteiger partial charge in [0, 0.05) is 33.0 Å². The first-order chi connectivity index (χ1) is 11.8. The van der Waals surface area contributed by atoms with Gasteiger partial charge in [0.25, 0.3) is 0 Å². The fourth-order valence-corrected chi connectivity index (χ4v) is 3.38. The summed E-state index contributed by atoms with van der Waals surface area (Å²) in [7, 11) is 2.78. The second kappa shape index (κ2) is 8.83. The largest absolute Gasteiger partial charge is 0.497 e. The number of ether oxygens (including phenoxy) is 2. The average molecular weight is 364 g/mol. The summed E-state index contributed by atoms with van der Waals surface area (Å²) in [4.78, 5) is 2.30. The predicted octanol–water partition coefficient (Wildman–Crippen LogP) is 3.85. The van der Waals surface area contributed by atoms with Gasteiger partial charge in [-0.25, -0.2) is 4.68 Å². The Hall–Kier alpha value is -1.37. The molecule has 5 nitrogen and oxygen atoms in total. The van der Waals surface area contributed by atoms with E-state index < -0.39 is 8.07 Å². The SMILES string of the molecule is CCN(C)CCc1nn(COCC[Si](C)(C)C)c2ccc(OC)cc12. The molecule has 0 spiro atoms. The lowest BCUT2D eigenvalue weighted by Gasteiger charge is -2.15. The first-order valence-corrected chi connectivity index (χ1v) is 12.8. The number of nitrogens with zero attached hydrogens (tertiary/aromatic N) is 3. The number of benzene rings is 1. The van der Waals surface area contributed by atoms with E-state index in [1.807, 2.05) is 10.7 Å². The van der Waals surface area contributed by atoms with Gasteiger partial charge in [0.2, 0.25) is 0 Å². The first-order valence-electron chi connectivity index (χ1n) is 9.14. The Balaban J connectivity index is 2.15. The van der Waals surface area contributed by atoms with Crippen molar-refractivity contribution in [3.63, 3.8) is 0 Å². The second-order valence-corrected chi connectivity index (χ2v) is 13.4. The summed E-state index contributed by atoms with van der Waals surface area (Å²) in [6.07, 6.45) is 0.927. The van der Waals surface area contributed by atoms with Gasteiger partial charge in [-0.3, -0.25) is 0 Å². The summed E-state index contributed by atoms with van der Waals surface area (Å²) in [5.74, 6) is 0.872. The maximum absolute atomic E-state index is 5.91. The number of hydrogen-bond donors (Lipinski definition) is 0. The minimum Gasteiger partial charge on any atom is -0.497 e. The summed E-state index contributed by atoms with van der Waals surface area (Å²) < 4.78 is 13.3. The molecule has 2 aromatic rings. The Labute approximate surface area is 152 Å². The summed E-state index contributed by atoms with van der Waals surface area (Å²) in [5.41, 5.74) is 2.23. The van der Waals surface area contributed by atoms with E-state index in [4.69, 9.17) is 14.6 Å². The van der Waals surface area contributed by atoms with Crippen molar-refractivity contribution >= 4 is 19.0 Å². The van der Waals surface area contributed by atoms with Crippen LogP contribution >= 0.6 is 0 Å². The first kappa shape index (κ1) is 19.9. The third kappa shape index (κ3) is 5.83. The molecule has 1 aromatic carbocycles. The molecular formula is C19H33N3O2Si. The van der Waals surface area contributed by atoms with Crippen LogP contribution in [0.5, 0.6) is 5.75 Å². The maximum Gasteiger partial charge on any atom is 0.140 e. The van der Waals surface area contributed by atoms with Gasteiger partial charge in [-0.05, 0) is 37.8 Å². The Morgan fingerprint density at radius 2 is 2.00 bits per heavy atom. The zero-order chi connectivity index (χ0) is 18.4. The van der Waals surface area contributed by atoms with Crippen molar-refractivity contribution in [1.29, 1.82) is 0 Å². The van der Waals surface area contributed by atoms with Gasteiger partial charge < -0.3 is 14.4 Å². The minimum absolute atomic E-state index is 0.511. The van der Waals surface area contributed by atoms with Gasteiger partial charge in [-0.2, -0.15) is 5.10 Å². The number of rotatable bonds is 10. The van der Waals surface area contributed by atoms with Crippen LogP contribution in [0.3, 0.4) is 0 Å². The van der Waals surface area contributed by atoms with Gasteiger partial charge >= 0.3 is 0 Å². The van der Waals surface area contributed by atoms with E-state index in [-0.39, 0.29) is 0 Å². The van der Waals surface area contributed by atoms with Crippen LogP contribution in [0.25, 0.3) is 10.9 Å². The van der Waals surface area contributed by atoms with Crippen LogP contribution in [-0.2, 0) is 17.9 Å². The highest BCUT2D eigenvalue weighted by Gasteiger charge is 2.14. The smallest absolute Gasteiger partial charge is 0.140 e. The van der Waals surface area contributed by atoms with Gasteiger partial charge in [0.15, 0.2) is 0 Å². The van der Waals surface area contributed by atoms with E-state index in [1.165, 1.54) is 6.04 Å². The molecule has 0 saturated carbocycles. The van der Waals surface area contributed by atoms with Crippen LogP contribution in [0.1, 0.15) is 12.6 Å². The summed E-state index contributed by atoms with van der Waals surface area (Å²) in [6.45, 7) is 12.6. The molecule has 0 amide bonds.